The molecular weight excluding hydrogens is 243 g/mol. The molecule has 5 nitrogen and oxygen atoms in total. The van der Waals surface area contributed by atoms with Crippen molar-refractivity contribution in [3.63, 3.8) is 0 Å². The molecule has 0 aliphatic heterocycles. The highest BCUT2D eigenvalue weighted by Gasteiger charge is 2.22. The first-order valence-electron chi connectivity index (χ1n) is 5.92. The van der Waals surface area contributed by atoms with Crippen LogP contribution in [-0.4, -0.2) is 31.4 Å². The van der Waals surface area contributed by atoms with Gasteiger partial charge in [-0.15, -0.1) is 0 Å². The molecule has 6 heteroatoms. The summed E-state index contributed by atoms with van der Waals surface area (Å²) in [5, 5.41) is 19.3. The molecule has 0 fully saturated rings. The Hall–Kier alpha value is -1.82. The highest BCUT2D eigenvalue weighted by atomic mass is 16.5. The van der Waals surface area contributed by atoms with E-state index in [1.54, 1.807) is 39.0 Å². The molecule has 0 bridgehead atoms. The molecule has 1 rings (SSSR count). The molecule has 1 aromatic rings. The summed E-state index contributed by atoms with van der Waals surface area (Å²) >= 11 is 0. The zero-order valence-corrected chi connectivity index (χ0v) is 11.4. The van der Waals surface area contributed by atoms with Crippen molar-refractivity contribution >= 4 is 30.8 Å². The maximum atomic E-state index is 11.6. The number of anilines is 1. The molecule has 0 aliphatic rings. The number of benzene rings is 1. The Balaban J connectivity index is 2.69. The second kappa shape index (κ2) is 6.38. The van der Waals surface area contributed by atoms with Gasteiger partial charge >= 0.3 is 13.5 Å². The fraction of sp³-hybridized carbons (Fsp3) is 0.385. The first-order chi connectivity index (χ1) is 8.90. The summed E-state index contributed by atoms with van der Waals surface area (Å²) in [5.74, 6) is -0.304. The van der Waals surface area contributed by atoms with Crippen LogP contribution in [0, 0.1) is 10.8 Å². The monoisotopic (exact) mass is 261 g/mol. The van der Waals surface area contributed by atoms with E-state index in [9.17, 15) is 4.79 Å². The summed E-state index contributed by atoms with van der Waals surface area (Å²) in [5.41, 5.74) is 1.14. The minimum Gasteiger partial charge on any atom is -0.450 e. The molecule has 0 spiro atoms. The van der Waals surface area contributed by atoms with E-state index in [0.29, 0.717) is 16.7 Å². The van der Waals surface area contributed by atoms with Gasteiger partial charge in [-0.3, -0.25) is 4.79 Å². The number of hydrogen-bond donors (Lipinski definition) is 3. The molecule has 0 heterocycles. The summed E-state index contributed by atoms with van der Waals surface area (Å²) < 4.78 is 5.09. The fourth-order valence-electron chi connectivity index (χ4n) is 1.41. The minimum atomic E-state index is -0.549. The van der Waals surface area contributed by atoms with Crippen LogP contribution in [0.2, 0.25) is 0 Å². The normalized spacial score (nSPS) is 10.7. The molecule has 1 aromatic carbocycles. The van der Waals surface area contributed by atoms with Gasteiger partial charge in [0.2, 0.25) is 0 Å². The van der Waals surface area contributed by atoms with Crippen molar-refractivity contribution in [2.45, 2.75) is 20.8 Å². The van der Waals surface area contributed by atoms with Crippen LogP contribution in [0.4, 0.5) is 5.69 Å². The molecule has 0 aliphatic carbocycles. The van der Waals surface area contributed by atoms with Gasteiger partial charge in [0, 0.05) is 17.5 Å². The van der Waals surface area contributed by atoms with Crippen LogP contribution in [0.5, 0.6) is 0 Å². The molecule has 0 atom stereocenters. The highest BCUT2D eigenvalue weighted by molar-refractivity contribution is 6.48. The summed E-state index contributed by atoms with van der Waals surface area (Å²) in [6.07, 6.45) is 1.13. The molecule has 0 unspecified atom stereocenters. The molecule has 3 N–H and O–H groups in total. The fourth-order valence-corrected chi connectivity index (χ4v) is 1.41. The van der Waals surface area contributed by atoms with Crippen LogP contribution in [0.1, 0.15) is 26.3 Å². The maximum absolute atomic E-state index is 11.6. The van der Waals surface area contributed by atoms with Gasteiger partial charge in [-0.2, -0.15) is 0 Å². The van der Waals surface area contributed by atoms with Crippen LogP contribution in [-0.2, 0) is 9.53 Å². The van der Waals surface area contributed by atoms with Crippen molar-refractivity contribution in [3.05, 3.63) is 23.8 Å². The second-order valence-electron chi connectivity index (χ2n) is 5.08. The number of esters is 1. The molecule has 0 saturated heterocycles. The Morgan fingerprint density at radius 2 is 2.21 bits per heavy atom. The van der Waals surface area contributed by atoms with Gasteiger partial charge < -0.3 is 20.5 Å². The third kappa shape index (κ3) is 4.10. The Bertz CT molecular complexity index is 469. The van der Waals surface area contributed by atoms with E-state index in [4.69, 9.17) is 15.2 Å². The predicted molar refractivity (Wildman–Crippen MR) is 76.0 cm³/mol. The van der Waals surface area contributed by atoms with Crippen molar-refractivity contribution in [2.24, 2.45) is 5.41 Å². The molecular formula is C13H18BN2O3. The van der Waals surface area contributed by atoms with Crippen LogP contribution in [0.3, 0.4) is 0 Å². The van der Waals surface area contributed by atoms with Crippen LogP contribution >= 0.6 is 0 Å². The van der Waals surface area contributed by atoms with E-state index in [-0.39, 0.29) is 12.7 Å². The Morgan fingerprint density at radius 1 is 1.53 bits per heavy atom. The third-order valence-electron chi connectivity index (χ3n) is 2.50. The molecule has 0 aromatic heterocycles. The van der Waals surface area contributed by atoms with Crippen molar-refractivity contribution in [2.75, 3.05) is 12.0 Å². The van der Waals surface area contributed by atoms with Gasteiger partial charge in [0.05, 0.1) is 5.41 Å². The van der Waals surface area contributed by atoms with E-state index >= 15 is 0 Å². The van der Waals surface area contributed by atoms with Crippen molar-refractivity contribution < 1.29 is 14.6 Å². The van der Waals surface area contributed by atoms with E-state index in [1.807, 2.05) is 0 Å². The molecule has 0 amide bonds. The van der Waals surface area contributed by atoms with Gasteiger partial charge in [0.1, 0.15) is 0 Å². The van der Waals surface area contributed by atoms with Gasteiger partial charge in [0.15, 0.2) is 6.73 Å². The largest absolute Gasteiger partial charge is 0.450 e. The van der Waals surface area contributed by atoms with E-state index < -0.39 is 5.41 Å². The van der Waals surface area contributed by atoms with Crippen LogP contribution in [0.25, 0.3) is 0 Å². The number of hydrogen-bond acceptors (Lipinski definition) is 5. The topological polar surface area (TPSA) is 82.4 Å². The summed E-state index contributed by atoms with van der Waals surface area (Å²) in [4.78, 5) is 11.6. The lowest BCUT2D eigenvalue weighted by atomic mass is 9.84. The maximum Gasteiger partial charge on any atom is 0.327 e. The molecule has 0 saturated carbocycles. The van der Waals surface area contributed by atoms with E-state index in [2.05, 4.69) is 5.32 Å². The summed E-state index contributed by atoms with van der Waals surface area (Å²) in [6.45, 7) is 5.35. The first-order valence-corrected chi connectivity index (χ1v) is 5.92. The van der Waals surface area contributed by atoms with Gasteiger partial charge in [0.25, 0.3) is 0 Å². The van der Waals surface area contributed by atoms with Crippen molar-refractivity contribution in [1.29, 1.82) is 5.41 Å². The summed E-state index contributed by atoms with van der Waals surface area (Å²) in [7, 11) is 0.937. The Morgan fingerprint density at radius 3 is 2.74 bits per heavy atom. The number of carbonyl (C=O) groups excluding carboxylic acids is 1. The first kappa shape index (κ1) is 15.2. The number of carbonyl (C=O) groups is 1. The Kier molecular flexibility index (Phi) is 5.12. The standard InChI is InChI=1S/C13H18BN2O3/c1-13(2,3)12(17)19-8-16-11-6-4-5-10(14-18)9(11)7-15/h4-7,15-16,18H,8H2,1-3H3. The zero-order valence-electron chi connectivity index (χ0n) is 11.4. The zero-order chi connectivity index (χ0) is 14.5. The highest BCUT2D eigenvalue weighted by Crippen LogP contribution is 2.15. The predicted octanol–water partition coefficient (Wildman–Crippen LogP) is 0.880. The van der Waals surface area contributed by atoms with Crippen LogP contribution < -0.4 is 10.8 Å². The lowest BCUT2D eigenvalue weighted by Crippen LogP contribution is -2.26. The molecule has 19 heavy (non-hydrogen) atoms. The smallest absolute Gasteiger partial charge is 0.327 e. The SMILES string of the molecule is CC(C)(C)C(=O)OCNc1cccc([B]O)c1C=N. The van der Waals surface area contributed by atoms with Gasteiger partial charge in [-0.25, -0.2) is 0 Å². The van der Waals surface area contributed by atoms with Gasteiger partial charge in [-0.1, -0.05) is 12.1 Å². The van der Waals surface area contributed by atoms with Crippen molar-refractivity contribution in [1.82, 2.24) is 0 Å². The molecule has 101 valence electrons. The van der Waals surface area contributed by atoms with Gasteiger partial charge in [-0.05, 0) is 32.3 Å². The third-order valence-corrected chi connectivity index (χ3v) is 2.50. The average molecular weight is 261 g/mol. The van der Waals surface area contributed by atoms with Crippen molar-refractivity contribution in [3.8, 4) is 0 Å². The molecule has 1 radical (unpaired) electrons. The lowest BCUT2D eigenvalue weighted by Gasteiger charge is -2.18. The number of nitrogens with one attached hydrogen (secondary N) is 2. The number of rotatable bonds is 5. The van der Waals surface area contributed by atoms with Crippen LogP contribution in [0.15, 0.2) is 18.2 Å². The quantitative estimate of drug-likeness (QED) is 0.318. The Labute approximate surface area is 113 Å². The second-order valence-corrected chi connectivity index (χ2v) is 5.08. The summed E-state index contributed by atoms with van der Waals surface area (Å²) in [6, 6.07) is 5.17. The van der Waals surface area contributed by atoms with E-state index in [0.717, 1.165) is 13.7 Å². The van der Waals surface area contributed by atoms with E-state index in [1.165, 1.54) is 0 Å². The number of ether oxygens (including phenoxy) is 1. The lowest BCUT2D eigenvalue weighted by molar-refractivity contribution is -0.152. The minimum absolute atomic E-state index is 0.0197. The average Bonchev–Trinajstić information content (AvgIpc) is 2.37.